The molecule has 0 rings (SSSR count). The molecule has 0 aliphatic carbocycles. The number of carbonyl (C=O) groups is 2. The first-order valence-electron chi connectivity index (χ1n) is 41.6. The number of nitrogens with one attached hydrogen (secondary N) is 1. The van der Waals surface area contributed by atoms with Crippen LogP contribution in [-0.2, 0) is 14.3 Å². The summed E-state index contributed by atoms with van der Waals surface area (Å²) in [5, 5.41) is 23.2. The number of allylic oxidation sites excluding steroid dienone is 3. The van der Waals surface area contributed by atoms with Crippen molar-refractivity contribution in [1.29, 1.82) is 0 Å². The normalized spacial score (nSPS) is 12.5. The van der Waals surface area contributed by atoms with Crippen LogP contribution in [0.15, 0.2) is 24.3 Å². The van der Waals surface area contributed by atoms with E-state index in [4.69, 9.17) is 4.74 Å². The van der Waals surface area contributed by atoms with Gasteiger partial charge in [-0.2, -0.15) is 0 Å². The Kier molecular flexibility index (Phi) is 78.3. The van der Waals surface area contributed by atoms with E-state index in [2.05, 4.69) is 31.3 Å². The smallest absolute Gasteiger partial charge is 0.305 e. The van der Waals surface area contributed by atoms with Crippen molar-refractivity contribution >= 4 is 11.9 Å². The maximum Gasteiger partial charge on any atom is 0.305 e. The fraction of sp³-hybridized carbons (Fsp3) is 0.929. The predicted molar refractivity (Wildman–Crippen MR) is 398 cm³/mol. The van der Waals surface area contributed by atoms with Gasteiger partial charge in [-0.15, -0.1) is 0 Å². The summed E-state index contributed by atoms with van der Waals surface area (Å²) >= 11 is 0. The van der Waals surface area contributed by atoms with Gasteiger partial charge in [0.15, 0.2) is 0 Å². The number of aliphatic hydroxyl groups is 2. The van der Waals surface area contributed by atoms with Crippen LogP contribution >= 0.6 is 0 Å². The molecule has 0 aliphatic rings. The third-order valence-corrected chi connectivity index (χ3v) is 19.7. The van der Waals surface area contributed by atoms with Gasteiger partial charge >= 0.3 is 5.97 Å². The molecule has 0 aliphatic heterocycles. The summed E-state index contributed by atoms with van der Waals surface area (Å²) in [5.41, 5.74) is 0. The van der Waals surface area contributed by atoms with Crippen LogP contribution in [0, 0.1) is 0 Å². The van der Waals surface area contributed by atoms with Gasteiger partial charge in [-0.05, 0) is 57.8 Å². The average molecular weight is 1270 g/mol. The van der Waals surface area contributed by atoms with Crippen molar-refractivity contribution in [3.05, 3.63) is 24.3 Å². The lowest BCUT2D eigenvalue weighted by molar-refractivity contribution is -0.143. The molecule has 0 saturated carbocycles. The molecule has 0 saturated heterocycles. The largest absolute Gasteiger partial charge is 0.466 e. The number of aliphatic hydroxyl groups excluding tert-OH is 2. The molecule has 0 fully saturated rings. The molecular formula is C84H163NO5. The van der Waals surface area contributed by atoms with Crippen molar-refractivity contribution in [2.75, 3.05) is 13.2 Å². The fourth-order valence-electron chi connectivity index (χ4n) is 13.4. The van der Waals surface area contributed by atoms with Gasteiger partial charge in [0.2, 0.25) is 5.91 Å². The Hall–Kier alpha value is -1.66. The van der Waals surface area contributed by atoms with Crippen LogP contribution < -0.4 is 5.32 Å². The van der Waals surface area contributed by atoms with Crippen LogP contribution in [-0.4, -0.2) is 47.4 Å². The Bertz CT molecular complexity index is 1410. The Balaban J connectivity index is 3.30. The first-order valence-corrected chi connectivity index (χ1v) is 41.6. The van der Waals surface area contributed by atoms with E-state index >= 15 is 0 Å². The summed E-state index contributed by atoms with van der Waals surface area (Å²) in [4.78, 5) is 24.6. The van der Waals surface area contributed by atoms with Crippen molar-refractivity contribution in [2.24, 2.45) is 0 Å². The lowest BCUT2D eigenvalue weighted by Crippen LogP contribution is -2.45. The lowest BCUT2D eigenvalue weighted by Gasteiger charge is -2.20. The van der Waals surface area contributed by atoms with E-state index in [1.54, 1.807) is 6.08 Å². The molecule has 0 spiro atoms. The van der Waals surface area contributed by atoms with Gasteiger partial charge in [-0.3, -0.25) is 9.59 Å². The molecule has 2 atom stereocenters. The molecule has 0 bridgehead atoms. The highest BCUT2D eigenvalue weighted by atomic mass is 16.5. The Morgan fingerprint density at radius 2 is 0.522 bits per heavy atom. The van der Waals surface area contributed by atoms with Crippen molar-refractivity contribution in [3.63, 3.8) is 0 Å². The molecule has 2 unspecified atom stereocenters. The van der Waals surface area contributed by atoms with Crippen LogP contribution in [0.3, 0.4) is 0 Å². The molecule has 0 aromatic heterocycles. The van der Waals surface area contributed by atoms with E-state index in [0.29, 0.717) is 19.4 Å². The van der Waals surface area contributed by atoms with Crippen LogP contribution in [0.4, 0.5) is 0 Å². The monoisotopic (exact) mass is 1270 g/mol. The third-order valence-electron chi connectivity index (χ3n) is 19.7. The zero-order valence-electron chi connectivity index (χ0n) is 61.4. The van der Waals surface area contributed by atoms with Crippen molar-refractivity contribution in [3.8, 4) is 0 Å². The van der Waals surface area contributed by atoms with Crippen molar-refractivity contribution < 1.29 is 24.5 Å². The molecule has 0 radical (unpaired) electrons. The van der Waals surface area contributed by atoms with Crippen LogP contribution in [0.2, 0.25) is 0 Å². The van der Waals surface area contributed by atoms with Gasteiger partial charge in [-0.25, -0.2) is 0 Å². The zero-order chi connectivity index (χ0) is 64.9. The van der Waals surface area contributed by atoms with E-state index in [-0.39, 0.29) is 18.5 Å². The molecule has 1 amide bonds. The molecule has 3 N–H and O–H groups in total. The number of hydrogen-bond acceptors (Lipinski definition) is 5. The maximum absolute atomic E-state index is 12.5. The summed E-state index contributed by atoms with van der Waals surface area (Å²) in [5.74, 6) is -0.0363. The molecule has 0 aromatic carbocycles. The standard InChI is InChI=1S/C84H163NO5/c1-3-5-7-9-11-13-15-17-19-44-48-52-56-60-64-68-72-76-82(87)81(80-86)85-83(88)77-73-69-65-61-57-53-49-46-42-40-38-36-34-32-30-28-26-24-22-21-23-25-27-29-31-33-35-37-39-41-43-47-51-55-59-63-67-71-75-79-90-84(89)78-74-70-66-62-58-54-50-45-20-18-16-14-12-10-8-6-4-2/h18,20,72,76,81-82,86-87H,3-17,19,21-71,73-75,77-80H2,1-2H3,(H,85,88)/b20-18-,76-72+. The number of hydrogen-bond donors (Lipinski definition) is 3. The number of rotatable bonds is 79. The van der Waals surface area contributed by atoms with Crippen molar-refractivity contribution in [2.45, 2.75) is 488 Å². The van der Waals surface area contributed by atoms with E-state index < -0.39 is 12.1 Å². The van der Waals surface area contributed by atoms with Crippen LogP contribution in [0.1, 0.15) is 476 Å². The quantitative estimate of drug-likeness (QED) is 0.0320. The predicted octanol–water partition coefficient (Wildman–Crippen LogP) is 27.6. The van der Waals surface area contributed by atoms with Gasteiger partial charge in [0.25, 0.3) is 0 Å². The fourth-order valence-corrected chi connectivity index (χ4v) is 13.4. The van der Waals surface area contributed by atoms with E-state index in [1.807, 2.05) is 6.08 Å². The van der Waals surface area contributed by atoms with Gasteiger partial charge in [0.05, 0.1) is 25.4 Å². The minimum atomic E-state index is -0.840. The highest BCUT2D eigenvalue weighted by Gasteiger charge is 2.18. The summed E-state index contributed by atoms with van der Waals surface area (Å²) in [6.45, 7) is 4.95. The first kappa shape index (κ1) is 88.3. The summed E-state index contributed by atoms with van der Waals surface area (Å²) in [6, 6.07) is -0.623. The Labute approximate surface area is 564 Å². The van der Waals surface area contributed by atoms with Crippen LogP contribution in [0.25, 0.3) is 0 Å². The number of ether oxygens (including phenoxy) is 1. The topological polar surface area (TPSA) is 95.9 Å². The molecular weight excluding hydrogens is 1100 g/mol. The first-order chi connectivity index (χ1) is 44.5. The summed E-state index contributed by atoms with van der Waals surface area (Å²) in [7, 11) is 0. The second kappa shape index (κ2) is 79.8. The minimum absolute atomic E-state index is 0.0215. The number of amides is 1. The van der Waals surface area contributed by atoms with Gasteiger partial charge < -0.3 is 20.3 Å². The maximum atomic E-state index is 12.5. The molecule has 90 heavy (non-hydrogen) atoms. The third kappa shape index (κ3) is 75.4. The minimum Gasteiger partial charge on any atom is -0.466 e. The van der Waals surface area contributed by atoms with Crippen LogP contribution in [0.5, 0.6) is 0 Å². The lowest BCUT2D eigenvalue weighted by atomic mass is 10.0. The molecule has 0 heterocycles. The molecule has 0 aromatic rings. The summed E-state index contributed by atoms with van der Waals surface area (Å²) in [6.07, 6.45) is 103. The Morgan fingerprint density at radius 3 is 0.789 bits per heavy atom. The highest BCUT2D eigenvalue weighted by molar-refractivity contribution is 5.76. The summed E-state index contributed by atoms with van der Waals surface area (Å²) < 4.78 is 5.51. The molecule has 534 valence electrons. The van der Waals surface area contributed by atoms with Crippen molar-refractivity contribution in [1.82, 2.24) is 5.32 Å². The Morgan fingerprint density at radius 1 is 0.300 bits per heavy atom. The van der Waals surface area contributed by atoms with E-state index in [0.717, 1.165) is 38.5 Å². The highest BCUT2D eigenvalue weighted by Crippen LogP contribution is 2.20. The number of carbonyl (C=O) groups excluding carboxylic acids is 2. The van der Waals surface area contributed by atoms with E-state index in [9.17, 15) is 19.8 Å². The van der Waals surface area contributed by atoms with Gasteiger partial charge in [0, 0.05) is 12.8 Å². The number of unbranched alkanes of at least 4 members (excludes halogenated alkanes) is 66. The number of esters is 1. The second-order valence-electron chi connectivity index (χ2n) is 28.8. The van der Waals surface area contributed by atoms with Gasteiger partial charge in [0.1, 0.15) is 0 Å². The molecule has 6 nitrogen and oxygen atoms in total. The molecule has 6 heteroatoms. The average Bonchev–Trinajstić information content (AvgIpc) is 3.69. The second-order valence-corrected chi connectivity index (χ2v) is 28.8. The zero-order valence-corrected chi connectivity index (χ0v) is 61.4. The SMILES string of the molecule is CCCCCCCC/C=C\CCCCCCCCCC(=O)OCCCCCCCCCCCCCCCCCCCCCCCCCCCCCCCCCCCCCCCCCC(=O)NC(CO)C(O)/C=C/CCCCCCCCCCCCCCCCC. The van der Waals surface area contributed by atoms with E-state index in [1.165, 1.54) is 411 Å². The van der Waals surface area contributed by atoms with Gasteiger partial charge in [-0.1, -0.05) is 430 Å².